The number of amides is 1. The molecular weight excluding hydrogens is 290 g/mol. The van der Waals surface area contributed by atoms with Crippen LogP contribution in [0.5, 0.6) is 0 Å². The van der Waals surface area contributed by atoms with E-state index < -0.39 is 23.7 Å². The lowest BCUT2D eigenvalue weighted by Gasteiger charge is -2.31. The lowest BCUT2D eigenvalue weighted by atomic mass is 10.2. The Morgan fingerprint density at radius 1 is 1.42 bits per heavy atom. The monoisotopic (exact) mass is 311 g/mol. The van der Waals surface area contributed by atoms with Crippen molar-refractivity contribution in [2.45, 2.75) is 38.8 Å². The number of rotatable bonds is 7. The van der Waals surface area contributed by atoms with Gasteiger partial charge >= 0.3 is 12.1 Å². The molecule has 1 amide bonds. The Kier molecular flexibility index (Phi) is 8.25. The molecule has 0 saturated heterocycles. The summed E-state index contributed by atoms with van der Waals surface area (Å²) in [6, 6.07) is -0.902. The van der Waals surface area contributed by atoms with Gasteiger partial charge in [0.2, 0.25) is 0 Å². The molecule has 0 unspecified atom stereocenters. The Labute approximate surface area is 123 Å². The maximum atomic E-state index is 12.0. The molecule has 0 aromatic heterocycles. The van der Waals surface area contributed by atoms with E-state index >= 15 is 0 Å². The maximum absolute atomic E-state index is 12.0. The Bertz CT molecular complexity index is 307. The van der Waals surface area contributed by atoms with Crippen LogP contribution < -0.4 is 0 Å². The van der Waals surface area contributed by atoms with Crippen molar-refractivity contribution in [1.29, 1.82) is 0 Å². The average molecular weight is 312 g/mol. The van der Waals surface area contributed by atoms with Gasteiger partial charge in [-0.3, -0.25) is 4.90 Å². The number of halogens is 1. The zero-order valence-electron chi connectivity index (χ0n) is 11.8. The molecule has 0 spiro atoms. The van der Waals surface area contributed by atoms with Crippen molar-refractivity contribution in [3.63, 3.8) is 0 Å². The van der Waals surface area contributed by atoms with E-state index in [2.05, 4.69) is 0 Å². The van der Waals surface area contributed by atoms with Gasteiger partial charge in [0.05, 0.1) is 0 Å². The fourth-order valence-corrected chi connectivity index (χ4v) is 2.07. The molecule has 0 heterocycles. The standard InChI is InChI=1S/C12H22ClNO4S/c1-12(2,3)18-11(17)14(7-6-13)9(10(15)16)5-8-19-4/h9H,5-8H2,1-4H3,(H,15,16)/t9-/m0/s1. The van der Waals surface area contributed by atoms with Crippen molar-refractivity contribution in [2.24, 2.45) is 0 Å². The number of nitrogens with zero attached hydrogens (tertiary/aromatic N) is 1. The minimum atomic E-state index is -1.04. The first-order chi connectivity index (χ1) is 8.72. The minimum absolute atomic E-state index is 0.155. The summed E-state index contributed by atoms with van der Waals surface area (Å²) in [6.45, 7) is 5.37. The predicted molar refractivity (Wildman–Crippen MR) is 78.1 cm³/mol. The Hall–Kier alpha value is -0.620. The highest BCUT2D eigenvalue weighted by Gasteiger charge is 2.32. The number of alkyl halides is 1. The number of aliphatic carboxylic acids is 1. The maximum Gasteiger partial charge on any atom is 0.411 e. The van der Waals surface area contributed by atoms with Gasteiger partial charge in [0, 0.05) is 12.4 Å². The van der Waals surface area contributed by atoms with E-state index in [-0.39, 0.29) is 12.4 Å². The minimum Gasteiger partial charge on any atom is -0.480 e. The van der Waals surface area contributed by atoms with Crippen LogP contribution in [0.3, 0.4) is 0 Å². The second kappa shape index (κ2) is 8.53. The number of carboxylic acid groups (broad SMARTS) is 1. The summed E-state index contributed by atoms with van der Waals surface area (Å²) in [5, 5.41) is 9.24. The van der Waals surface area contributed by atoms with Crippen molar-refractivity contribution in [2.75, 3.05) is 24.4 Å². The molecule has 7 heteroatoms. The summed E-state index contributed by atoms with van der Waals surface area (Å²) in [6.07, 6.45) is 1.62. The van der Waals surface area contributed by atoms with Crippen molar-refractivity contribution < 1.29 is 19.4 Å². The highest BCUT2D eigenvalue weighted by molar-refractivity contribution is 7.98. The second-order valence-electron chi connectivity index (χ2n) is 5.00. The van der Waals surface area contributed by atoms with Crippen LogP contribution in [-0.4, -0.2) is 58.1 Å². The lowest BCUT2D eigenvalue weighted by molar-refractivity contribution is -0.143. The van der Waals surface area contributed by atoms with Gasteiger partial charge in [-0.2, -0.15) is 11.8 Å². The van der Waals surface area contributed by atoms with Crippen LogP contribution in [0, 0.1) is 0 Å². The van der Waals surface area contributed by atoms with Gasteiger partial charge in [-0.1, -0.05) is 0 Å². The van der Waals surface area contributed by atoms with Crippen molar-refractivity contribution in [3.05, 3.63) is 0 Å². The van der Waals surface area contributed by atoms with Crippen LogP contribution in [-0.2, 0) is 9.53 Å². The fourth-order valence-electron chi connectivity index (χ4n) is 1.43. The molecule has 0 rings (SSSR count). The molecule has 1 N–H and O–H groups in total. The zero-order valence-corrected chi connectivity index (χ0v) is 13.4. The van der Waals surface area contributed by atoms with Gasteiger partial charge in [-0.05, 0) is 39.2 Å². The summed E-state index contributed by atoms with van der Waals surface area (Å²) in [4.78, 5) is 24.5. The quantitative estimate of drug-likeness (QED) is 0.732. The SMILES string of the molecule is CSCC[C@@H](C(=O)O)N(CCCl)C(=O)OC(C)(C)C. The summed E-state index contributed by atoms with van der Waals surface area (Å²) in [7, 11) is 0. The first kappa shape index (κ1) is 18.4. The zero-order chi connectivity index (χ0) is 15.1. The van der Waals surface area contributed by atoms with Crippen LogP contribution in [0.15, 0.2) is 0 Å². The molecule has 1 atom stereocenters. The molecule has 0 aliphatic carbocycles. The third-order valence-electron chi connectivity index (χ3n) is 2.21. The molecule has 5 nitrogen and oxygen atoms in total. The van der Waals surface area contributed by atoms with Crippen LogP contribution >= 0.6 is 23.4 Å². The highest BCUT2D eigenvalue weighted by Crippen LogP contribution is 2.15. The Balaban J connectivity index is 4.91. The van der Waals surface area contributed by atoms with E-state index in [1.165, 1.54) is 16.7 Å². The smallest absolute Gasteiger partial charge is 0.411 e. The van der Waals surface area contributed by atoms with Gasteiger partial charge in [0.1, 0.15) is 11.6 Å². The molecule has 0 aliphatic rings. The summed E-state index contributed by atoms with van der Waals surface area (Å²) < 4.78 is 5.22. The number of carbonyl (C=O) groups excluding carboxylic acids is 1. The van der Waals surface area contributed by atoms with E-state index in [1.807, 2.05) is 6.26 Å². The molecule has 112 valence electrons. The molecule has 0 bridgehead atoms. The average Bonchev–Trinajstić information content (AvgIpc) is 2.25. The molecule has 19 heavy (non-hydrogen) atoms. The Morgan fingerprint density at radius 3 is 2.37 bits per heavy atom. The van der Waals surface area contributed by atoms with Crippen LogP contribution in [0.25, 0.3) is 0 Å². The van der Waals surface area contributed by atoms with Gasteiger partial charge in [0.25, 0.3) is 0 Å². The molecule has 0 aliphatic heterocycles. The topological polar surface area (TPSA) is 66.8 Å². The summed E-state index contributed by atoms with van der Waals surface area (Å²) >= 11 is 7.18. The van der Waals surface area contributed by atoms with Crippen LogP contribution in [0.4, 0.5) is 4.79 Å². The number of thioether (sulfide) groups is 1. The van der Waals surface area contributed by atoms with Gasteiger partial charge in [-0.15, -0.1) is 11.6 Å². The van der Waals surface area contributed by atoms with Crippen molar-refractivity contribution in [1.82, 2.24) is 4.90 Å². The normalized spacial score (nSPS) is 12.9. The van der Waals surface area contributed by atoms with E-state index in [0.717, 1.165) is 0 Å². The largest absolute Gasteiger partial charge is 0.480 e. The summed E-state index contributed by atoms with van der Waals surface area (Å²) in [5.41, 5.74) is -0.662. The van der Waals surface area contributed by atoms with E-state index in [0.29, 0.717) is 12.2 Å². The number of hydrogen-bond donors (Lipinski definition) is 1. The molecule has 0 saturated carbocycles. The molecule has 0 aromatic carbocycles. The van der Waals surface area contributed by atoms with E-state index in [4.69, 9.17) is 16.3 Å². The molecular formula is C12H22ClNO4S. The first-order valence-electron chi connectivity index (χ1n) is 6.00. The first-order valence-corrected chi connectivity index (χ1v) is 7.93. The number of hydrogen-bond acceptors (Lipinski definition) is 4. The van der Waals surface area contributed by atoms with Gasteiger partial charge < -0.3 is 9.84 Å². The van der Waals surface area contributed by atoms with Crippen LogP contribution in [0.1, 0.15) is 27.2 Å². The van der Waals surface area contributed by atoms with Crippen molar-refractivity contribution in [3.8, 4) is 0 Å². The van der Waals surface area contributed by atoms with Crippen molar-refractivity contribution >= 4 is 35.4 Å². The fraction of sp³-hybridized carbons (Fsp3) is 0.833. The molecule has 0 fully saturated rings. The lowest BCUT2D eigenvalue weighted by Crippen LogP contribution is -2.48. The Morgan fingerprint density at radius 2 is 2.00 bits per heavy atom. The molecule has 0 aromatic rings. The second-order valence-corrected chi connectivity index (χ2v) is 6.36. The number of ether oxygens (including phenoxy) is 1. The number of carbonyl (C=O) groups is 2. The van der Waals surface area contributed by atoms with Crippen LogP contribution in [0.2, 0.25) is 0 Å². The summed E-state index contributed by atoms with van der Waals surface area (Å²) in [5.74, 6) is -0.217. The van der Waals surface area contributed by atoms with Gasteiger partial charge in [-0.25, -0.2) is 9.59 Å². The predicted octanol–water partition coefficient (Wildman–Crippen LogP) is 2.67. The number of carboxylic acids is 1. The van der Waals surface area contributed by atoms with Gasteiger partial charge in [0.15, 0.2) is 0 Å². The third-order valence-corrected chi connectivity index (χ3v) is 3.02. The van der Waals surface area contributed by atoms with E-state index in [1.54, 1.807) is 20.8 Å². The molecule has 0 radical (unpaired) electrons. The van der Waals surface area contributed by atoms with E-state index in [9.17, 15) is 14.7 Å². The highest BCUT2D eigenvalue weighted by atomic mass is 35.5. The third kappa shape index (κ3) is 7.52.